The van der Waals surface area contributed by atoms with Gasteiger partial charge in [0.15, 0.2) is 18.2 Å². The minimum Gasteiger partial charge on any atom is -0.452 e. The number of hydrogen-bond acceptors (Lipinski definition) is 5. The highest BCUT2D eigenvalue weighted by molar-refractivity contribution is 7.92. The van der Waals surface area contributed by atoms with Gasteiger partial charge in [-0.2, -0.15) is 0 Å². The lowest BCUT2D eigenvalue weighted by Gasteiger charge is -2.09. The summed E-state index contributed by atoms with van der Waals surface area (Å²) >= 11 is 0. The number of carbonyl (C=O) groups is 2. The second-order valence-electron chi connectivity index (χ2n) is 6.18. The second-order valence-corrected chi connectivity index (χ2v) is 7.86. The van der Waals surface area contributed by atoms with Gasteiger partial charge in [0.2, 0.25) is 0 Å². The van der Waals surface area contributed by atoms with Crippen molar-refractivity contribution in [1.82, 2.24) is 5.32 Å². The van der Waals surface area contributed by atoms with Crippen LogP contribution in [-0.2, 0) is 19.6 Å². The molecule has 10 heteroatoms. The fraction of sp³-hybridized carbons (Fsp3) is 0.222. The Labute approximate surface area is 159 Å². The molecule has 2 aromatic carbocycles. The average molecular weight is 410 g/mol. The molecule has 0 aromatic heterocycles. The average Bonchev–Trinajstić information content (AvgIpc) is 3.46. The molecule has 0 aliphatic heterocycles. The predicted octanol–water partition coefficient (Wildman–Crippen LogP) is 2.20. The smallest absolute Gasteiger partial charge is 0.338 e. The van der Waals surface area contributed by atoms with Gasteiger partial charge in [-0.3, -0.25) is 9.52 Å². The number of ether oxygens (including phenoxy) is 1. The van der Waals surface area contributed by atoms with Crippen LogP contribution in [0.3, 0.4) is 0 Å². The summed E-state index contributed by atoms with van der Waals surface area (Å²) in [4.78, 5) is 23.0. The monoisotopic (exact) mass is 410 g/mol. The van der Waals surface area contributed by atoms with Crippen LogP contribution in [0.25, 0.3) is 0 Å². The lowest BCUT2D eigenvalue weighted by atomic mass is 10.2. The Morgan fingerprint density at radius 3 is 2.32 bits per heavy atom. The number of benzene rings is 2. The number of carbonyl (C=O) groups excluding carboxylic acids is 2. The number of esters is 1. The van der Waals surface area contributed by atoms with Crippen LogP contribution in [0.4, 0.5) is 14.5 Å². The third-order valence-corrected chi connectivity index (χ3v) is 5.23. The van der Waals surface area contributed by atoms with Crippen LogP contribution in [0.5, 0.6) is 0 Å². The molecule has 148 valence electrons. The second kappa shape index (κ2) is 7.93. The maximum absolute atomic E-state index is 13.2. The number of hydrogen-bond donors (Lipinski definition) is 2. The zero-order valence-electron chi connectivity index (χ0n) is 14.4. The molecule has 1 fully saturated rings. The Balaban J connectivity index is 1.60. The van der Waals surface area contributed by atoms with E-state index in [4.69, 9.17) is 4.74 Å². The van der Waals surface area contributed by atoms with Crippen molar-refractivity contribution < 1.29 is 31.5 Å². The van der Waals surface area contributed by atoms with Crippen molar-refractivity contribution in [2.45, 2.75) is 23.8 Å². The Kier molecular flexibility index (Phi) is 5.59. The van der Waals surface area contributed by atoms with Crippen molar-refractivity contribution in [3.05, 3.63) is 59.7 Å². The van der Waals surface area contributed by atoms with Gasteiger partial charge >= 0.3 is 5.97 Å². The van der Waals surface area contributed by atoms with E-state index in [1.54, 1.807) is 0 Å². The van der Waals surface area contributed by atoms with Crippen molar-refractivity contribution >= 4 is 27.6 Å². The third kappa shape index (κ3) is 5.03. The normalized spacial score (nSPS) is 13.6. The topological polar surface area (TPSA) is 102 Å². The Morgan fingerprint density at radius 2 is 1.71 bits per heavy atom. The van der Waals surface area contributed by atoms with E-state index in [-0.39, 0.29) is 23.2 Å². The van der Waals surface area contributed by atoms with E-state index >= 15 is 0 Å². The third-order valence-electron chi connectivity index (χ3n) is 3.85. The van der Waals surface area contributed by atoms with Gasteiger partial charge in [-0.05, 0) is 55.3 Å². The summed E-state index contributed by atoms with van der Waals surface area (Å²) < 4.78 is 57.7. The summed E-state index contributed by atoms with van der Waals surface area (Å²) in [6, 6.07) is 7.59. The van der Waals surface area contributed by atoms with Crippen molar-refractivity contribution in [2.75, 3.05) is 11.3 Å². The summed E-state index contributed by atoms with van der Waals surface area (Å²) in [5, 5.41) is 2.68. The Morgan fingerprint density at radius 1 is 1.04 bits per heavy atom. The van der Waals surface area contributed by atoms with E-state index in [0.717, 1.165) is 18.9 Å². The largest absolute Gasteiger partial charge is 0.452 e. The lowest BCUT2D eigenvalue weighted by molar-refractivity contribution is -0.124. The van der Waals surface area contributed by atoms with Gasteiger partial charge in [0.05, 0.1) is 10.5 Å². The van der Waals surface area contributed by atoms with Gasteiger partial charge in [-0.25, -0.2) is 22.0 Å². The molecule has 1 aliphatic rings. The van der Waals surface area contributed by atoms with Gasteiger partial charge in [0.1, 0.15) is 0 Å². The molecular formula is C18H16F2N2O5S. The van der Waals surface area contributed by atoms with Gasteiger partial charge in [0, 0.05) is 11.7 Å². The van der Waals surface area contributed by atoms with E-state index in [2.05, 4.69) is 10.0 Å². The van der Waals surface area contributed by atoms with Crippen molar-refractivity contribution in [3.63, 3.8) is 0 Å². The summed E-state index contributed by atoms with van der Waals surface area (Å²) in [5.74, 6) is -3.56. The van der Waals surface area contributed by atoms with Crippen LogP contribution < -0.4 is 10.0 Å². The van der Waals surface area contributed by atoms with E-state index in [1.807, 2.05) is 0 Å². The maximum atomic E-state index is 13.2. The SMILES string of the molecule is O=C(COC(=O)c1ccc(NS(=O)(=O)c2ccc(F)c(F)c2)cc1)NC1CC1. The number of amides is 1. The first-order valence-corrected chi connectivity index (χ1v) is 9.77. The number of rotatable bonds is 7. The zero-order chi connectivity index (χ0) is 20.3. The van der Waals surface area contributed by atoms with Crippen LogP contribution in [0.2, 0.25) is 0 Å². The fourth-order valence-electron chi connectivity index (χ4n) is 2.24. The Bertz CT molecular complexity index is 1010. The molecule has 0 atom stereocenters. The predicted molar refractivity (Wildman–Crippen MR) is 95.1 cm³/mol. The highest BCUT2D eigenvalue weighted by Crippen LogP contribution is 2.20. The van der Waals surface area contributed by atoms with Crippen LogP contribution in [0, 0.1) is 11.6 Å². The first kappa shape index (κ1) is 19.7. The van der Waals surface area contributed by atoms with Crippen LogP contribution >= 0.6 is 0 Å². The molecule has 0 radical (unpaired) electrons. The molecular weight excluding hydrogens is 394 g/mol. The molecule has 1 aliphatic carbocycles. The summed E-state index contributed by atoms with van der Waals surface area (Å²) in [7, 11) is -4.14. The molecule has 1 amide bonds. The minimum atomic E-state index is -4.14. The summed E-state index contributed by atoms with van der Waals surface area (Å²) in [6.07, 6.45) is 1.84. The van der Waals surface area contributed by atoms with Crippen LogP contribution in [0.1, 0.15) is 23.2 Å². The van der Waals surface area contributed by atoms with Crippen molar-refractivity contribution in [3.8, 4) is 0 Å². The molecule has 0 heterocycles. The zero-order valence-corrected chi connectivity index (χ0v) is 15.3. The molecule has 28 heavy (non-hydrogen) atoms. The molecule has 0 unspecified atom stereocenters. The standard InChI is InChI=1S/C18H16F2N2O5S/c19-15-8-7-14(9-16(15)20)28(25,26)22-13-3-1-11(2-4-13)18(24)27-10-17(23)21-12-5-6-12/h1-4,7-9,12,22H,5-6,10H2,(H,21,23). The maximum Gasteiger partial charge on any atom is 0.338 e. The summed E-state index contributed by atoms with van der Waals surface area (Å²) in [5.41, 5.74) is 0.225. The van der Waals surface area contributed by atoms with E-state index in [1.165, 1.54) is 24.3 Å². The van der Waals surface area contributed by atoms with E-state index in [9.17, 15) is 26.8 Å². The first-order valence-electron chi connectivity index (χ1n) is 8.29. The van der Waals surface area contributed by atoms with Crippen molar-refractivity contribution in [2.24, 2.45) is 0 Å². The van der Waals surface area contributed by atoms with Gasteiger partial charge < -0.3 is 10.1 Å². The number of nitrogens with one attached hydrogen (secondary N) is 2. The fourth-order valence-corrected chi connectivity index (χ4v) is 3.31. The quantitative estimate of drug-likeness (QED) is 0.682. The molecule has 2 aromatic rings. The van der Waals surface area contributed by atoms with E-state index < -0.39 is 39.1 Å². The Hall–Kier alpha value is -3.01. The van der Waals surface area contributed by atoms with Crippen LogP contribution in [-0.4, -0.2) is 32.9 Å². The van der Waals surface area contributed by atoms with Crippen molar-refractivity contribution in [1.29, 1.82) is 0 Å². The summed E-state index contributed by atoms with van der Waals surface area (Å²) in [6.45, 7) is -0.403. The number of halogens is 2. The van der Waals surface area contributed by atoms with E-state index in [0.29, 0.717) is 12.1 Å². The minimum absolute atomic E-state index is 0.104. The molecule has 0 bridgehead atoms. The number of anilines is 1. The molecule has 7 nitrogen and oxygen atoms in total. The lowest BCUT2D eigenvalue weighted by Crippen LogP contribution is -2.30. The molecule has 0 spiro atoms. The van der Waals surface area contributed by atoms with Gasteiger partial charge in [-0.15, -0.1) is 0 Å². The van der Waals surface area contributed by atoms with Gasteiger partial charge in [0.25, 0.3) is 15.9 Å². The van der Waals surface area contributed by atoms with Gasteiger partial charge in [-0.1, -0.05) is 0 Å². The highest BCUT2D eigenvalue weighted by atomic mass is 32.2. The highest BCUT2D eigenvalue weighted by Gasteiger charge is 2.23. The molecule has 1 saturated carbocycles. The number of sulfonamides is 1. The molecule has 0 saturated heterocycles. The first-order chi connectivity index (χ1) is 13.2. The molecule has 2 N–H and O–H groups in total. The van der Waals surface area contributed by atoms with Crippen LogP contribution in [0.15, 0.2) is 47.4 Å². The molecule has 3 rings (SSSR count).